The third-order valence-corrected chi connectivity index (χ3v) is 5.10. The molecule has 0 bridgehead atoms. The Morgan fingerprint density at radius 3 is 2.29 bits per heavy atom. The molecule has 146 valence electrons. The summed E-state index contributed by atoms with van der Waals surface area (Å²) in [5.41, 5.74) is 5.23. The van der Waals surface area contributed by atoms with Crippen molar-refractivity contribution in [3.63, 3.8) is 0 Å². The van der Waals surface area contributed by atoms with Crippen molar-refractivity contribution in [1.82, 2.24) is 10.2 Å². The second kappa shape index (κ2) is 7.07. The highest BCUT2D eigenvalue weighted by Gasteiger charge is 2.29. The molecule has 0 aliphatic heterocycles. The van der Waals surface area contributed by atoms with Crippen molar-refractivity contribution in [2.75, 3.05) is 28.4 Å². The van der Waals surface area contributed by atoms with Gasteiger partial charge in [0.05, 0.1) is 39.8 Å². The molecule has 1 aromatic heterocycles. The first-order valence-corrected chi connectivity index (χ1v) is 8.86. The number of ether oxygens (including phenoxy) is 4. The Morgan fingerprint density at radius 1 is 0.893 bits per heavy atom. The Hall–Kier alpha value is -3.22. The standard InChI is InChI=1S/C21H21FN2O4/c1-25-16-8-5-11(9-14(16)22)19-18-13-10-17(26-2)21(28-4)20(27-3)12(13)6-7-15(18)23-24-19/h5,8-10H,6-7H2,1-4H3,(H,23,24). The van der Waals surface area contributed by atoms with Gasteiger partial charge in [-0.3, -0.25) is 5.10 Å². The van der Waals surface area contributed by atoms with Gasteiger partial charge in [0.25, 0.3) is 0 Å². The van der Waals surface area contributed by atoms with Gasteiger partial charge in [-0.15, -0.1) is 0 Å². The molecule has 1 aliphatic rings. The van der Waals surface area contributed by atoms with Crippen LogP contribution in [0.3, 0.4) is 0 Å². The number of aromatic amines is 1. The van der Waals surface area contributed by atoms with Crippen molar-refractivity contribution in [3.8, 4) is 45.4 Å². The molecule has 1 heterocycles. The minimum Gasteiger partial charge on any atom is -0.494 e. The van der Waals surface area contributed by atoms with Gasteiger partial charge in [-0.25, -0.2) is 4.39 Å². The first-order chi connectivity index (χ1) is 13.6. The molecular weight excluding hydrogens is 363 g/mol. The molecule has 3 aromatic rings. The Balaban J connectivity index is 1.95. The Bertz CT molecular complexity index is 1050. The molecule has 0 amide bonds. The summed E-state index contributed by atoms with van der Waals surface area (Å²) in [5.74, 6) is 1.55. The topological polar surface area (TPSA) is 65.6 Å². The maximum Gasteiger partial charge on any atom is 0.203 e. The lowest BCUT2D eigenvalue weighted by Gasteiger charge is -2.23. The van der Waals surface area contributed by atoms with Crippen LogP contribution in [0.2, 0.25) is 0 Å². The molecule has 0 unspecified atom stereocenters. The number of fused-ring (bicyclic) bond motifs is 3. The normalized spacial score (nSPS) is 12.2. The monoisotopic (exact) mass is 384 g/mol. The molecule has 28 heavy (non-hydrogen) atoms. The summed E-state index contributed by atoms with van der Waals surface area (Å²) in [7, 11) is 6.23. The molecule has 7 heteroatoms. The number of hydrogen-bond donors (Lipinski definition) is 1. The molecule has 4 rings (SSSR count). The molecule has 2 aromatic carbocycles. The van der Waals surface area contributed by atoms with Gasteiger partial charge in [0, 0.05) is 16.7 Å². The molecule has 0 radical (unpaired) electrons. The van der Waals surface area contributed by atoms with E-state index in [1.807, 2.05) is 12.1 Å². The molecule has 0 atom stereocenters. The fourth-order valence-corrected chi connectivity index (χ4v) is 3.81. The molecule has 0 saturated heterocycles. The summed E-state index contributed by atoms with van der Waals surface area (Å²) in [4.78, 5) is 0. The van der Waals surface area contributed by atoms with Crippen LogP contribution in [0.25, 0.3) is 22.4 Å². The highest BCUT2D eigenvalue weighted by molar-refractivity contribution is 5.88. The zero-order valence-corrected chi connectivity index (χ0v) is 16.2. The van der Waals surface area contributed by atoms with E-state index in [0.29, 0.717) is 22.8 Å². The van der Waals surface area contributed by atoms with Gasteiger partial charge in [0.15, 0.2) is 23.1 Å². The van der Waals surface area contributed by atoms with Gasteiger partial charge in [-0.1, -0.05) is 0 Å². The zero-order valence-electron chi connectivity index (χ0n) is 16.2. The van der Waals surface area contributed by atoms with Gasteiger partial charge in [-0.05, 0) is 42.7 Å². The molecule has 1 N–H and O–H groups in total. The largest absolute Gasteiger partial charge is 0.494 e. The summed E-state index contributed by atoms with van der Waals surface area (Å²) in [5, 5.41) is 7.54. The fraction of sp³-hybridized carbons (Fsp3) is 0.286. The highest BCUT2D eigenvalue weighted by Crippen LogP contribution is 2.50. The van der Waals surface area contributed by atoms with Crippen LogP contribution in [0, 0.1) is 5.82 Å². The predicted octanol–water partition coefficient (Wildman–Crippen LogP) is 4.02. The second-order valence-electron chi connectivity index (χ2n) is 6.44. The van der Waals surface area contributed by atoms with Crippen LogP contribution in [-0.2, 0) is 12.8 Å². The third kappa shape index (κ3) is 2.66. The molecular formula is C21H21FN2O4. The number of nitrogens with one attached hydrogen (secondary N) is 1. The van der Waals surface area contributed by atoms with E-state index in [1.54, 1.807) is 27.4 Å². The number of halogens is 1. The summed E-state index contributed by atoms with van der Waals surface area (Å²) in [6.45, 7) is 0. The minimum atomic E-state index is -0.427. The Kier molecular flexibility index (Phi) is 4.58. The summed E-state index contributed by atoms with van der Waals surface area (Å²) in [6, 6.07) is 6.78. The van der Waals surface area contributed by atoms with Gasteiger partial charge in [0.1, 0.15) is 0 Å². The minimum absolute atomic E-state index is 0.200. The van der Waals surface area contributed by atoms with Gasteiger partial charge in [0.2, 0.25) is 5.75 Å². The SMILES string of the molecule is COc1ccc(-c2[nH]nc3c2-c2cc(OC)c(OC)c(OC)c2CC3)cc1F. The van der Waals surface area contributed by atoms with Crippen molar-refractivity contribution >= 4 is 0 Å². The Morgan fingerprint density at radius 2 is 1.64 bits per heavy atom. The smallest absolute Gasteiger partial charge is 0.203 e. The molecule has 0 fully saturated rings. The number of aromatic nitrogens is 2. The zero-order chi connectivity index (χ0) is 19.8. The predicted molar refractivity (Wildman–Crippen MR) is 103 cm³/mol. The molecule has 0 saturated carbocycles. The number of aryl methyl sites for hydroxylation is 1. The second-order valence-corrected chi connectivity index (χ2v) is 6.44. The van der Waals surface area contributed by atoms with Crippen LogP contribution < -0.4 is 18.9 Å². The van der Waals surface area contributed by atoms with Gasteiger partial charge in [-0.2, -0.15) is 5.10 Å². The van der Waals surface area contributed by atoms with Crippen molar-refractivity contribution in [1.29, 1.82) is 0 Å². The first kappa shape index (κ1) is 18.2. The Labute approximate surface area is 162 Å². The number of nitrogens with zero attached hydrogens (tertiary/aromatic N) is 1. The van der Waals surface area contributed by atoms with Crippen LogP contribution in [0.1, 0.15) is 11.3 Å². The van der Waals surface area contributed by atoms with Gasteiger partial charge < -0.3 is 18.9 Å². The fourth-order valence-electron chi connectivity index (χ4n) is 3.81. The summed E-state index contributed by atoms with van der Waals surface area (Å²) in [6.07, 6.45) is 1.50. The average molecular weight is 384 g/mol. The number of benzene rings is 2. The lowest BCUT2D eigenvalue weighted by molar-refractivity contribution is 0.322. The van der Waals surface area contributed by atoms with Crippen molar-refractivity contribution in [2.45, 2.75) is 12.8 Å². The number of hydrogen-bond acceptors (Lipinski definition) is 5. The van der Waals surface area contributed by atoms with E-state index in [2.05, 4.69) is 10.2 Å². The van der Waals surface area contributed by atoms with E-state index in [4.69, 9.17) is 18.9 Å². The summed E-state index contributed by atoms with van der Waals surface area (Å²) < 4.78 is 36.0. The van der Waals surface area contributed by atoms with Gasteiger partial charge >= 0.3 is 0 Å². The van der Waals surface area contributed by atoms with Crippen molar-refractivity contribution in [2.24, 2.45) is 0 Å². The van der Waals surface area contributed by atoms with E-state index in [0.717, 1.165) is 40.9 Å². The van der Waals surface area contributed by atoms with E-state index >= 15 is 0 Å². The number of methoxy groups -OCH3 is 4. The van der Waals surface area contributed by atoms with Crippen molar-refractivity contribution in [3.05, 3.63) is 41.3 Å². The van der Waals surface area contributed by atoms with E-state index in [1.165, 1.54) is 13.2 Å². The highest BCUT2D eigenvalue weighted by atomic mass is 19.1. The van der Waals surface area contributed by atoms with Crippen LogP contribution in [0.15, 0.2) is 24.3 Å². The van der Waals surface area contributed by atoms with Crippen LogP contribution in [0.5, 0.6) is 23.0 Å². The average Bonchev–Trinajstić information content (AvgIpc) is 3.16. The maximum atomic E-state index is 14.3. The number of rotatable bonds is 5. The van der Waals surface area contributed by atoms with Crippen molar-refractivity contribution < 1.29 is 23.3 Å². The van der Waals surface area contributed by atoms with Crippen LogP contribution in [0.4, 0.5) is 4.39 Å². The summed E-state index contributed by atoms with van der Waals surface area (Å²) >= 11 is 0. The van der Waals surface area contributed by atoms with E-state index < -0.39 is 5.82 Å². The third-order valence-electron chi connectivity index (χ3n) is 5.10. The lowest BCUT2D eigenvalue weighted by atomic mass is 9.86. The molecule has 0 spiro atoms. The van der Waals surface area contributed by atoms with Crippen LogP contribution >= 0.6 is 0 Å². The number of H-pyrrole nitrogens is 1. The quantitative estimate of drug-likeness (QED) is 0.720. The first-order valence-electron chi connectivity index (χ1n) is 8.86. The molecule has 1 aliphatic carbocycles. The lowest BCUT2D eigenvalue weighted by Crippen LogP contribution is -2.08. The van der Waals surface area contributed by atoms with Crippen LogP contribution in [-0.4, -0.2) is 38.6 Å². The molecule has 6 nitrogen and oxygen atoms in total. The maximum absolute atomic E-state index is 14.3. The van der Waals surface area contributed by atoms with E-state index in [-0.39, 0.29) is 5.75 Å². The van der Waals surface area contributed by atoms with E-state index in [9.17, 15) is 4.39 Å².